The van der Waals surface area contributed by atoms with Crippen molar-refractivity contribution in [3.63, 3.8) is 0 Å². The summed E-state index contributed by atoms with van der Waals surface area (Å²) in [6.45, 7) is 5.37. The van der Waals surface area contributed by atoms with Crippen molar-refractivity contribution in [3.8, 4) is 0 Å². The minimum atomic E-state index is -0.786. The predicted molar refractivity (Wildman–Crippen MR) is 48.4 cm³/mol. The van der Waals surface area contributed by atoms with Crippen LogP contribution in [0.1, 0.15) is 13.8 Å². The number of aliphatic hydroxyl groups is 1. The number of nitrogens with zero attached hydrogens (tertiary/aromatic N) is 1. The van der Waals surface area contributed by atoms with Gasteiger partial charge in [-0.1, -0.05) is 6.92 Å². The minimum Gasteiger partial charge on any atom is -0.480 e. The van der Waals surface area contributed by atoms with E-state index in [1.807, 2.05) is 4.90 Å². The Hall–Kier alpha value is -0.610. The van der Waals surface area contributed by atoms with Crippen molar-refractivity contribution in [2.75, 3.05) is 19.7 Å². The number of aliphatic carboxylic acids is 1. The fourth-order valence-corrected chi connectivity index (χ4v) is 1.78. The first-order valence-corrected chi connectivity index (χ1v) is 4.64. The Morgan fingerprint density at radius 2 is 2.23 bits per heavy atom. The van der Waals surface area contributed by atoms with Crippen LogP contribution in [0.25, 0.3) is 0 Å². The first kappa shape index (κ1) is 10.5. The molecule has 3 unspecified atom stereocenters. The molecule has 1 heterocycles. The average Bonchev–Trinajstić information content (AvgIpc) is 2.45. The molecule has 4 heteroatoms. The molecular weight excluding hydrogens is 170 g/mol. The van der Waals surface area contributed by atoms with Crippen molar-refractivity contribution >= 4 is 5.97 Å². The predicted octanol–water partition coefficient (Wildman–Crippen LogP) is 0.0197. The molecule has 0 amide bonds. The topological polar surface area (TPSA) is 60.8 Å². The van der Waals surface area contributed by atoms with Gasteiger partial charge in [0.25, 0.3) is 0 Å². The maximum atomic E-state index is 10.7. The van der Waals surface area contributed by atoms with Crippen LogP contribution in [0, 0.1) is 11.8 Å². The quantitative estimate of drug-likeness (QED) is 0.654. The lowest BCUT2D eigenvalue weighted by molar-refractivity contribution is -0.142. The molecule has 13 heavy (non-hydrogen) atoms. The van der Waals surface area contributed by atoms with E-state index in [4.69, 9.17) is 10.2 Å². The second kappa shape index (κ2) is 4.07. The van der Waals surface area contributed by atoms with E-state index in [0.717, 1.165) is 6.54 Å². The monoisotopic (exact) mass is 187 g/mol. The summed E-state index contributed by atoms with van der Waals surface area (Å²) in [6, 6.07) is -0.431. The summed E-state index contributed by atoms with van der Waals surface area (Å²) in [5, 5.41) is 17.8. The standard InChI is InChI=1S/C9H17NO3/c1-6-3-10(4-8(6)5-11)7(2)9(12)13/h6-8,11H,3-5H2,1-2H3,(H,12,13). The zero-order valence-electron chi connectivity index (χ0n) is 8.10. The van der Waals surface area contributed by atoms with Crippen LogP contribution in [-0.2, 0) is 4.79 Å². The molecule has 0 radical (unpaired) electrons. The van der Waals surface area contributed by atoms with Gasteiger partial charge in [0.05, 0.1) is 0 Å². The van der Waals surface area contributed by atoms with Gasteiger partial charge in [-0.2, -0.15) is 0 Å². The summed E-state index contributed by atoms with van der Waals surface area (Å²) in [6.07, 6.45) is 0. The molecule has 3 atom stereocenters. The molecule has 2 N–H and O–H groups in total. The van der Waals surface area contributed by atoms with Crippen LogP contribution in [-0.4, -0.2) is 46.8 Å². The Bertz CT molecular complexity index is 195. The highest BCUT2D eigenvalue weighted by Gasteiger charge is 2.33. The summed E-state index contributed by atoms with van der Waals surface area (Å²) < 4.78 is 0. The summed E-state index contributed by atoms with van der Waals surface area (Å²) in [7, 11) is 0. The average molecular weight is 187 g/mol. The van der Waals surface area contributed by atoms with E-state index in [1.165, 1.54) is 0 Å². The van der Waals surface area contributed by atoms with E-state index in [2.05, 4.69) is 6.92 Å². The van der Waals surface area contributed by atoms with E-state index < -0.39 is 12.0 Å². The van der Waals surface area contributed by atoms with Crippen LogP contribution >= 0.6 is 0 Å². The number of likely N-dealkylation sites (tertiary alicyclic amines) is 1. The first-order valence-electron chi connectivity index (χ1n) is 4.64. The highest BCUT2D eigenvalue weighted by Crippen LogP contribution is 2.23. The number of aliphatic hydroxyl groups excluding tert-OH is 1. The van der Waals surface area contributed by atoms with Gasteiger partial charge in [-0.3, -0.25) is 9.69 Å². The molecule has 1 aliphatic heterocycles. The Balaban J connectivity index is 2.52. The molecule has 76 valence electrons. The number of carbonyl (C=O) groups is 1. The largest absolute Gasteiger partial charge is 0.480 e. The lowest BCUT2D eigenvalue weighted by atomic mass is 10.00. The van der Waals surface area contributed by atoms with E-state index >= 15 is 0 Å². The number of carboxylic acids is 1. The highest BCUT2D eigenvalue weighted by atomic mass is 16.4. The number of hydrogen-bond acceptors (Lipinski definition) is 3. The molecule has 1 saturated heterocycles. The molecule has 1 aliphatic rings. The molecule has 0 aromatic carbocycles. The van der Waals surface area contributed by atoms with Crippen LogP contribution < -0.4 is 0 Å². The van der Waals surface area contributed by atoms with Crippen LogP contribution in [0.3, 0.4) is 0 Å². The minimum absolute atomic E-state index is 0.157. The summed E-state index contributed by atoms with van der Waals surface area (Å²) in [5.74, 6) is -0.153. The number of rotatable bonds is 3. The van der Waals surface area contributed by atoms with Gasteiger partial charge in [-0.05, 0) is 18.8 Å². The Morgan fingerprint density at radius 3 is 2.62 bits per heavy atom. The lowest BCUT2D eigenvalue weighted by Crippen LogP contribution is -2.37. The Morgan fingerprint density at radius 1 is 1.62 bits per heavy atom. The molecule has 4 nitrogen and oxygen atoms in total. The fourth-order valence-electron chi connectivity index (χ4n) is 1.78. The van der Waals surface area contributed by atoms with Gasteiger partial charge < -0.3 is 10.2 Å². The second-order valence-electron chi connectivity index (χ2n) is 3.89. The van der Waals surface area contributed by atoms with E-state index in [0.29, 0.717) is 12.5 Å². The molecule has 0 saturated carbocycles. The highest BCUT2D eigenvalue weighted by molar-refractivity contribution is 5.72. The number of hydrogen-bond donors (Lipinski definition) is 2. The number of carboxylic acid groups (broad SMARTS) is 1. The smallest absolute Gasteiger partial charge is 0.320 e. The van der Waals surface area contributed by atoms with Crippen molar-refractivity contribution in [2.45, 2.75) is 19.9 Å². The third kappa shape index (κ3) is 2.19. The van der Waals surface area contributed by atoms with Crippen molar-refractivity contribution in [1.82, 2.24) is 4.90 Å². The van der Waals surface area contributed by atoms with E-state index in [-0.39, 0.29) is 12.5 Å². The van der Waals surface area contributed by atoms with Gasteiger partial charge in [0.2, 0.25) is 0 Å². The van der Waals surface area contributed by atoms with Crippen LogP contribution in [0.5, 0.6) is 0 Å². The van der Waals surface area contributed by atoms with Crippen molar-refractivity contribution in [3.05, 3.63) is 0 Å². The molecule has 0 aliphatic carbocycles. The Labute approximate surface area is 78.2 Å². The first-order chi connectivity index (χ1) is 6.06. The molecular formula is C9H17NO3. The van der Waals surface area contributed by atoms with E-state index in [9.17, 15) is 4.79 Å². The van der Waals surface area contributed by atoms with Crippen molar-refractivity contribution < 1.29 is 15.0 Å². The maximum Gasteiger partial charge on any atom is 0.320 e. The molecule has 0 spiro atoms. The zero-order chi connectivity index (χ0) is 10.0. The van der Waals surface area contributed by atoms with Crippen LogP contribution in [0.2, 0.25) is 0 Å². The third-order valence-electron chi connectivity index (χ3n) is 2.94. The van der Waals surface area contributed by atoms with Crippen molar-refractivity contribution in [1.29, 1.82) is 0 Å². The molecule has 0 bridgehead atoms. The van der Waals surface area contributed by atoms with Crippen LogP contribution in [0.15, 0.2) is 0 Å². The molecule has 1 rings (SSSR count). The van der Waals surface area contributed by atoms with Crippen molar-refractivity contribution in [2.24, 2.45) is 11.8 Å². The normalized spacial score (nSPS) is 31.9. The van der Waals surface area contributed by atoms with Gasteiger partial charge in [0.15, 0.2) is 0 Å². The molecule has 1 fully saturated rings. The lowest BCUT2D eigenvalue weighted by Gasteiger charge is -2.19. The summed E-state index contributed by atoms with van der Waals surface area (Å²) >= 11 is 0. The SMILES string of the molecule is CC1CN(C(C)C(=O)O)CC1CO. The van der Waals surface area contributed by atoms with Gasteiger partial charge in [-0.15, -0.1) is 0 Å². The zero-order valence-corrected chi connectivity index (χ0v) is 8.10. The maximum absolute atomic E-state index is 10.7. The van der Waals surface area contributed by atoms with E-state index in [1.54, 1.807) is 6.92 Å². The third-order valence-corrected chi connectivity index (χ3v) is 2.94. The van der Waals surface area contributed by atoms with Crippen LogP contribution in [0.4, 0.5) is 0 Å². The molecule has 0 aromatic heterocycles. The van der Waals surface area contributed by atoms with Gasteiger partial charge in [0.1, 0.15) is 6.04 Å². The Kier molecular flexibility index (Phi) is 3.27. The molecule has 0 aromatic rings. The van der Waals surface area contributed by atoms with Gasteiger partial charge in [-0.25, -0.2) is 0 Å². The van der Waals surface area contributed by atoms with Gasteiger partial charge >= 0.3 is 5.97 Å². The summed E-state index contributed by atoms with van der Waals surface area (Å²) in [4.78, 5) is 12.6. The summed E-state index contributed by atoms with van der Waals surface area (Å²) in [5.41, 5.74) is 0. The van der Waals surface area contributed by atoms with Gasteiger partial charge in [0, 0.05) is 19.7 Å². The fraction of sp³-hybridized carbons (Fsp3) is 0.889. The second-order valence-corrected chi connectivity index (χ2v) is 3.89.